The fourth-order valence-corrected chi connectivity index (χ4v) is 0.988. The summed E-state index contributed by atoms with van der Waals surface area (Å²) in [5, 5.41) is 0. The summed E-state index contributed by atoms with van der Waals surface area (Å²) in [4.78, 5) is 10.2. The number of aldehydes is 1. The first-order valence-corrected chi connectivity index (χ1v) is 5.31. The van der Waals surface area contributed by atoms with Crippen molar-refractivity contribution < 1.29 is 9.53 Å². The molecule has 0 aliphatic rings. The molecule has 1 aromatic rings. The van der Waals surface area contributed by atoms with Gasteiger partial charge in [-0.2, -0.15) is 0 Å². The second-order valence-corrected chi connectivity index (χ2v) is 4.16. The van der Waals surface area contributed by atoms with E-state index in [1.807, 2.05) is 44.2 Å². The van der Waals surface area contributed by atoms with E-state index in [2.05, 4.69) is 0 Å². The van der Waals surface area contributed by atoms with Gasteiger partial charge in [0.25, 0.3) is 0 Å². The van der Waals surface area contributed by atoms with Crippen LogP contribution in [0.1, 0.15) is 20.3 Å². The van der Waals surface area contributed by atoms with Crippen LogP contribution >= 0.6 is 0 Å². The third-order valence-corrected chi connectivity index (χ3v) is 2.09. The van der Waals surface area contributed by atoms with Gasteiger partial charge < -0.3 is 15.3 Å². The van der Waals surface area contributed by atoms with Crippen LogP contribution in [0.25, 0.3) is 0 Å². The van der Waals surface area contributed by atoms with Gasteiger partial charge in [0.2, 0.25) is 0 Å². The Bertz CT molecular complexity index is 283. The molecule has 0 aromatic heterocycles. The Morgan fingerprint density at radius 2 is 1.88 bits per heavy atom. The quantitative estimate of drug-likeness (QED) is 0.796. The summed E-state index contributed by atoms with van der Waals surface area (Å²) in [5.41, 5.74) is 5.02. The molecule has 0 saturated heterocycles. The Balaban J connectivity index is 0.000000281. The van der Waals surface area contributed by atoms with Crippen molar-refractivity contribution in [3.05, 3.63) is 30.3 Å². The number of carbonyl (C=O) groups is 1. The molecule has 90 valence electrons. The number of rotatable bonds is 4. The molecule has 3 nitrogen and oxygen atoms in total. The van der Waals surface area contributed by atoms with E-state index >= 15 is 0 Å². The second kappa shape index (κ2) is 7.88. The molecule has 2 N–H and O–H groups in total. The summed E-state index contributed by atoms with van der Waals surface area (Å²) in [6.07, 6.45) is 1.72. The highest BCUT2D eigenvalue weighted by molar-refractivity contribution is 5.57. The summed E-state index contributed by atoms with van der Waals surface area (Å²) < 4.78 is 4.91. The molecule has 0 aliphatic carbocycles. The van der Waals surface area contributed by atoms with Gasteiger partial charge in [-0.25, -0.2) is 0 Å². The summed E-state index contributed by atoms with van der Waals surface area (Å²) in [6, 6.07) is 9.68. The highest BCUT2D eigenvalue weighted by atomic mass is 16.5. The van der Waals surface area contributed by atoms with Crippen molar-refractivity contribution in [3.8, 4) is 5.75 Å². The molecule has 0 unspecified atom stereocenters. The maximum absolute atomic E-state index is 10.2. The first-order chi connectivity index (χ1) is 7.55. The van der Waals surface area contributed by atoms with E-state index in [9.17, 15) is 4.79 Å². The highest BCUT2D eigenvalue weighted by Gasteiger charge is 2.13. The molecule has 0 saturated carbocycles. The van der Waals surface area contributed by atoms with E-state index in [0.717, 1.165) is 18.5 Å². The van der Waals surface area contributed by atoms with Crippen molar-refractivity contribution in [3.63, 3.8) is 0 Å². The number of ether oxygens (including phenoxy) is 1. The van der Waals surface area contributed by atoms with Crippen LogP contribution in [0.15, 0.2) is 30.3 Å². The number of nitrogens with two attached hydrogens (primary N) is 1. The van der Waals surface area contributed by atoms with Crippen LogP contribution in [-0.4, -0.2) is 19.9 Å². The fraction of sp³-hybridized carbons (Fsp3) is 0.462. The number of hydrogen-bond acceptors (Lipinski definition) is 3. The predicted molar refractivity (Wildman–Crippen MR) is 66.5 cm³/mol. The molecule has 1 rings (SSSR count). The van der Waals surface area contributed by atoms with E-state index in [0.29, 0.717) is 6.54 Å². The molecule has 1 aromatic carbocycles. The largest absolute Gasteiger partial charge is 0.497 e. The molecule has 0 heterocycles. The zero-order chi connectivity index (χ0) is 12.4. The van der Waals surface area contributed by atoms with Crippen LogP contribution in [0, 0.1) is 5.41 Å². The Morgan fingerprint density at radius 3 is 2.12 bits per heavy atom. The molecule has 16 heavy (non-hydrogen) atoms. The van der Waals surface area contributed by atoms with E-state index < -0.39 is 0 Å². The maximum Gasteiger partial charge on any atom is 0.125 e. The van der Waals surface area contributed by atoms with Crippen LogP contribution in [0.5, 0.6) is 5.75 Å². The van der Waals surface area contributed by atoms with Crippen molar-refractivity contribution in [2.75, 3.05) is 13.7 Å². The van der Waals surface area contributed by atoms with Gasteiger partial charge in [0.1, 0.15) is 12.0 Å². The predicted octanol–water partition coefficient (Wildman–Crippen LogP) is 2.26. The normalized spacial score (nSPS) is 10.0. The summed E-state index contributed by atoms with van der Waals surface area (Å²) in [7, 11) is 1.66. The lowest BCUT2D eigenvalue weighted by atomic mass is 9.92. The smallest absolute Gasteiger partial charge is 0.125 e. The number of para-hydroxylation sites is 1. The summed E-state index contributed by atoms with van der Waals surface area (Å²) in [5.74, 6) is 0.910. The Hall–Kier alpha value is -1.35. The van der Waals surface area contributed by atoms with Gasteiger partial charge in [-0.05, 0) is 25.1 Å². The lowest BCUT2D eigenvalue weighted by Gasteiger charge is -2.13. The van der Waals surface area contributed by atoms with E-state index in [1.165, 1.54) is 0 Å². The standard InChI is InChI=1S/C7H8O.C6H13NO/c1-8-7-5-3-2-4-6-7;1-6(2,5-8)3-4-7/h2-6H,1H3;5H,3-4,7H2,1-2H3. The third kappa shape index (κ3) is 7.01. The monoisotopic (exact) mass is 223 g/mol. The number of methoxy groups -OCH3 is 1. The van der Waals surface area contributed by atoms with Crippen LogP contribution in [0.3, 0.4) is 0 Å². The molecule has 0 radical (unpaired) electrons. The van der Waals surface area contributed by atoms with Gasteiger partial charge in [-0.3, -0.25) is 0 Å². The van der Waals surface area contributed by atoms with Crippen LogP contribution in [0.4, 0.5) is 0 Å². The lowest BCUT2D eigenvalue weighted by molar-refractivity contribution is -0.114. The van der Waals surface area contributed by atoms with Crippen LogP contribution in [-0.2, 0) is 4.79 Å². The third-order valence-electron chi connectivity index (χ3n) is 2.09. The van der Waals surface area contributed by atoms with E-state index in [-0.39, 0.29) is 5.41 Å². The fourth-order valence-electron chi connectivity index (χ4n) is 0.988. The Kier molecular flexibility index (Phi) is 7.21. The Labute approximate surface area is 97.6 Å². The number of carbonyl (C=O) groups excluding carboxylic acids is 1. The molecule has 0 bridgehead atoms. The first-order valence-electron chi connectivity index (χ1n) is 5.31. The molecule has 0 amide bonds. The first kappa shape index (κ1) is 14.6. The lowest BCUT2D eigenvalue weighted by Crippen LogP contribution is -2.17. The molecule has 0 spiro atoms. The molecular weight excluding hydrogens is 202 g/mol. The zero-order valence-corrected chi connectivity index (χ0v) is 10.3. The summed E-state index contributed by atoms with van der Waals surface area (Å²) in [6.45, 7) is 4.35. The van der Waals surface area contributed by atoms with Gasteiger partial charge in [-0.15, -0.1) is 0 Å². The Morgan fingerprint density at radius 1 is 1.31 bits per heavy atom. The van der Waals surface area contributed by atoms with Gasteiger partial charge in [0, 0.05) is 5.41 Å². The van der Waals surface area contributed by atoms with E-state index in [1.54, 1.807) is 7.11 Å². The van der Waals surface area contributed by atoms with Gasteiger partial charge in [0.05, 0.1) is 7.11 Å². The average Bonchev–Trinajstić information content (AvgIpc) is 2.31. The van der Waals surface area contributed by atoms with Crippen molar-refractivity contribution in [2.45, 2.75) is 20.3 Å². The minimum absolute atomic E-state index is 0.214. The minimum atomic E-state index is -0.214. The second-order valence-electron chi connectivity index (χ2n) is 4.16. The van der Waals surface area contributed by atoms with Crippen LogP contribution in [0.2, 0.25) is 0 Å². The SMILES string of the molecule is CC(C)(C=O)CCN.COc1ccccc1. The number of benzene rings is 1. The van der Waals surface area contributed by atoms with Gasteiger partial charge >= 0.3 is 0 Å². The summed E-state index contributed by atoms with van der Waals surface area (Å²) >= 11 is 0. The topological polar surface area (TPSA) is 52.3 Å². The van der Waals surface area contributed by atoms with Gasteiger partial charge in [-0.1, -0.05) is 32.0 Å². The van der Waals surface area contributed by atoms with E-state index in [4.69, 9.17) is 10.5 Å². The van der Waals surface area contributed by atoms with Crippen molar-refractivity contribution in [1.29, 1.82) is 0 Å². The molecular formula is C13H21NO2. The number of hydrogen-bond donors (Lipinski definition) is 1. The highest BCUT2D eigenvalue weighted by Crippen LogP contribution is 2.14. The zero-order valence-electron chi connectivity index (χ0n) is 10.3. The average molecular weight is 223 g/mol. The van der Waals surface area contributed by atoms with Gasteiger partial charge in [0.15, 0.2) is 0 Å². The minimum Gasteiger partial charge on any atom is -0.497 e. The van der Waals surface area contributed by atoms with Crippen molar-refractivity contribution >= 4 is 6.29 Å². The molecule has 3 heteroatoms. The molecule has 0 aliphatic heterocycles. The molecule has 0 fully saturated rings. The maximum atomic E-state index is 10.2. The molecule has 0 atom stereocenters. The van der Waals surface area contributed by atoms with Crippen LogP contribution < -0.4 is 10.5 Å². The van der Waals surface area contributed by atoms with Crippen molar-refractivity contribution in [2.24, 2.45) is 11.1 Å². The van der Waals surface area contributed by atoms with Crippen molar-refractivity contribution in [1.82, 2.24) is 0 Å².